The molecule has 0 N–H and O–H groups in total. The summed E-state index contributed by atoms with van der Waals surface area (Å²) >= 11 is 0. The highest BCUT2D eigenvalue weighted by Crippen LogP contribution is 2.56. The molecule has 9 aromatic rings. The first-order chi connectivity index (χ1) is 27.2. The lowest BCUT2D eigenvalue weighted by atomic mass is 9.64. The van der Waals surface area contributed by atoms with Crippen molar-refractivity contribution in [2.24, 2.45) is 0 Å². The first kappa shape index (κ1) is 33.1. The van der Waals surface area contributed by atoms with Crippen molar-refractivity contribution in [2.75, 3.05) is 0 Å². The minimum absolute atomic E-state index is 0.118. The van der Waals surface area contributed by atoms with Crippen LogP contribution < -0.4 is 0 Å². The average Bonchev–Trinajstić information content (AvgIpc) is 3.74. The molecule has 0 fully saturated rings. The number of benzene rings is 7. The summed E-state index contributed by atoms with van der Waals surface area (Å²) in [5.41, 5.74) is 16.0. The molecule has 2 aromatic heterocycles. The monoisotopic (exact) mass is 706 g/mol. The van der Waals surface area contributed by atoms with Gasteiger partial charge in [-0.2, -0.15) is 0 Å². The van der Waals surface area contributed by atoms with Crippen molar-refractivity contribution in [1.29, 1.82) is 0 Å². The van der Waals surface area contributed by atoms with Gasteiger partial charge in [0.2, 0.25) is 0 Å². The van der Waals surface area contributed by atoms with E-state index in [1.165, 1.54) is 77.4 Å². The molecule has 1 aliphatic carbocycles. The van der Waals surface area contributed by atoms with Crippen LogP contribution in [0.1, 0.15) is 60.1 Å². The summed E-state index contributed by atoms with van der Waals surface area (Å²) < 4.78 is 2.33. The van der Waals surface area contributed by atoms with Crippen molar-refractivity contribution in [2.45, 2.75) is 37.5 Å². The summed E-state index contributed by atoms with van der Waals surface area (Å²) in [6.45, 7) is 4.75. The molecular weight excluding hydrogens is 665 g/mol. The number of rotatable bonds is 8. The fraction of sp³-hybridized carbons (Fsp3) is 0.113. The Kier molecular flexibility index (Phi) is 7.89. The molecular formula is C53H42N2. The maximum Gasteiger partial charge on any atom is 0.0701 e. The maximum absolute atomic E-state index is 4.44. The largest absolute Gasteiger partial charge is 0.308 e. The van der Waals surface area contributed by atoms with Crippen molar-refractivity contribution in [3.63, 3.8) is 0 Å². The van der Waals surface area contributed by atoms with Gasteiger partial charge in [-0.1, -0.05) is 159 Å². The fourth-order valence-corrected chi connectivity index (χ4v) is 9.90. The van der Waals surface area contributed by atoms with E-state index in [2.05, 4.69) is 199 Å². The molecule has 0 spiro atoms. The minimum atomic E-state index is -0.490. The molecule has 1 aliphatic rings. The van der Waals surface area contributed by atoms with Gasteiger partial charge in [0.25, 0.3) is 0 Å². The van der Waals surface area contributed by atoms with Gasteiger partial charge in [0.05, 0.1) is 28.3 Å². The molecule has 7 aromatic carbocycles. The predicted molar refractivity (Wildman–Crippen MR) is 229 cm³/mol. The molecule has 10 rings (SSSR count). The molecule has 0 radical (unpaired) electrons. The fourth-order valence-electron chi connectivity index (χ4n) is 9.90. The Hall–Kier alpha value is -6.51. The van der Waals surface area contributed by atoms with Gasteiger partial charge in [-0.3, -0.25) is 4.98 Å². The highest BCUT2D eigenvalue weighted by Gasteiger charge is 2.44. The van der Waals surface area contributed by atoms with Crippen LogP contribution in [0.4, 0.5) is 0 Å². The van der Waals surface area contributed by atoms with Crippen molar-refractivity contribution >= 4 is 21.8 Å². The average molecular weight is 707 g/mol. The van der Waals surface area contributed by atoms with Crippen LogP contribution in [0.25, 0.3) is 49.7 Å². The highest BCUT2D eigenvalue weighted by atomic mass is 15.0. The highest BCUT2D eigenvalue weighted by molar-refractivity contribution is 6.10. The first-order valence-electron chi connectivity index (χ1n) is 19.6. The molecule has 0 atom stereocenters. The molecule has 2 nitrogen and oxygen atoms in total. The Bertz CT molecular complexity index is 2720. The molecule has 0 aliphatic heterocycles. The van der Waals surface area contributed by atoms with E-state index in [-0.39, 0.29) is 5.41 Å². The molecule has 2 heteroatoms. The molecule has 55 heavy (non-hydrogen) atoms. The Morgan fingerprint density at radius 1 is 0.473 bits per heavy atom. The van der Waals surface area contributed by atoms with Crippen molar-refractivity contribution in [3.05, 3.63) is 228 Å². The normalized spacial score (nSPS) is 13.2. The van der Waals surface area contributed by atoms with Gasteiger partial charge in [-0.15, -0.1) is 0 Å². The van der Waals surface area contributed by atoms with E-state index >= 15 is 0 Å². The summed E-state index contributed by atoms with van der Waals surface area (Å²) in [7, 11) is 0. The summed E-state index contributed by atoms with van der Waals surface area (Å²) in [5, 5.41) is 2.50. The van der Waals surface area contributed by atoms with E-state index in [0.29, 0.717) is 0 Å². The van der Waals surface area contributed by atoms with Crippen LogP contribution >= 0.6 is 0 Å². The summed E-state index contributed by atoms with van der Waals surface area (Å²) in [4.78, 5) is 4.44. The second-order valence-corrected chi connectivity index (χ2v) is 15.0. The van der Waals surface area contributed by atoms with Crippen molar-refractivity contribution in [3.8, 4) is 27.9 Å². The number of hydrogen-bond acceptors (Lipinski definition) is 1. The van der Waals surface area contributed by atoms with E-state index in [1.807, 2.05) is 18.5 Å². The van der Waals surface area contributed by atoms with Crippen LogP contribution in [-0.2, 0) is 10.8 Å². The Balaban J connectivity index is 1.15. The zero-order valence-electron chi connectivity index (χ0n) is 31.3. The Morgan fingerprint density at radius 2 is 1.02 bits per heavy atom. The summed E-state index contributed by atoms with van der Waals surface area (Å²) in [5.74, 6) is 0. The zero-order valence-corrected chi connectivity index (χ0v) is 31.3. The number of para-hydroxylation sites is 1. The SMILES string of the molecule is CCC1(CC)c2cc(-c3ccc4c(c3)c3ccccc3n4-c3cccnc3)ccc2-c2ccc(C(c3ccccc3)(c3ccccc3)c3ccccc3)cc21. The number of pyridine rings is 1. The van der Waals surface area contributed by atoms with Crippen LogP contribution in [0.15, 0.2) is 194 Å². The van der Waals surface area contributed by atoms with E-state index < -0.39 is 5.41 Å². The Morgan fingerprint density at radius 3 is 1.64 bits per heavy atom. The van der Waals surface area contributed by atoms with E-state index in [1.54, 1.807) is 0 Å². The third-order valence-corrected chi connectivity index (χ3v) is 12.5. The number of aromatic nitrogens is 2. The molecule has 0 amide bonds. The van der Waals surface area contributed by atoms with Gasteiger partial charge in [0.15, 0.2) is 0 Å². The summed E-state index contributed by atoms with van der Waals surface area (Å²) in [6.07, 6.45) is 5.81. The van der Waals surface area contributed by atoms with Gasteiger partial charge in [0.1, 0.15) is 0 Å². The number of fused-ring (bicyclic) bond motifs is 6. The van der Waals surface area contributed by atoms with Gasteiger partial charge in [-0.25, -0.2) is 0 Å². The third kappa shape index (κ3) is 4.91. The lowest BCUT2D eigenvalue weighted by Gasteiger charge is -2.38. The van der Waals surface area contributed by atoms with Gasteiger partial charge >= 0.3 is 0 Å². The smallest absolute Gasteiger partial charge is 0.0701 e. The molecule has 0 bridgehead atoms. The van der Waals surface area contributed by atoms with E-state index in [4.69, 9.17) is 0 Å². The van der Waals surface area contributed by atoms with Gasteiger partial charge in [0, 0.05) is 22.4 Å². The van der Waals surface area contributed by atoms with E-state index in [9.17, 15) is 0 Å². The first-order valence-corrected chi connectivity index (χ1v) is 19.6. The van der Waals surface area contributed by atoms with Gasteiger partial charge in [-0.05, 0) is 105 Å². The molecule has 0 saturated carbocycles. The zero-order chi connectivity index (χ0) is 37.0. The molecule has 0 saturated heterocycles. The molecule has 0 unspecified atom stereocenters. The maximum atomic E-state index is 4.44. The second kappa shape index (κ2) is 13.1. The number of hydrogen-bond donors (Lipinski definition) is 0. The second-order valence-electron chi connectivity index (χ2n) is 15.0. The third-order valence-electron chi connectivity index (χ3n) is 12.5. The molecule has 2 heterocycles. The topological polar surface area (TPSA) is 17.8 Å². The Labute approximate surface area is 323 Å². The van der Waals surface area contributed by atoms with Crippen LogP contribution in [0.5, 0.6) is 0 Å². The lowest BCUT2D eigenvalue weighted by Crippen LogP contribution is -2.32. The summed E-state index contributed by atoms with van der Waals surface area (Å²) in [6, 6.07) is 67.6. The quantitative estimate of drug-likeness (QED) is 0.144. The van der Waals surface area contributed by atoms with E-state index in [0.717, 1.165) is 18.5 Å². The van der Waals surface area contributed by atoms with Crippen LogP contribution in [0.3, 0.4) is 0 Å². The van der Waals surface area contributed by atoms with Crippen molar-refractivity contribution < 1.29 is 0 Å². The standard InChI is InChI=1S/C53H42N2/c1-3-52(4-2)48-34-38(37-27-31-51-47(33-37)46-24-14-15-25-50(46)55(51)43-23-16-32-54-36-43)26-29-44(48)45-30-28-42(35-49(45)52)53(39-17-8-5-9-18-39,40-19-10-6-11-20-40)41-21-12-7-13-22-41/h5-36H,3-4H2,1-2H3. The number of nitrogens with zero attached hydrogens (tertiary/aromatic N) is 2. The minimum Gasteiger partial charge on any atom is -0.308 e. The van der Waals surface area contributed by atoms with Crippen molar-refractivity contribution in [1.82, 2.24) is 9.55 Å². The van der Waals surface area contributed by atoms with Crippen LogP contribution in [-0.4, -0.2) is 9.55 Å². The lowest BCUT2D eigenvalue weighted by molar-refractivity contribution is 0.489. The van der Waals surface area contributed by atoms with Crippen LogP contribution in [0.2, 0.25) is 0 Å². The molecule has 264 valence electrons. The predicted octanol–water partition coefficient (Wildman–Crippen LogP) is 13.3. The van der Waals surface area contributed by atoms with Gasteiger partial charge < -0.3 is 4.57 Å². The van der Waals surface area contributed by atoms with Crippen LogP contribution in [0, 0.1) is 0 Å².